The molecular weight excluding hydrogens is 166 g/mol. The molecule has 1 N–H and O–H groups in total. The summed E-state index contributed by atoms with van der Waals surface area (Å²) in [6.45, 7) is 3.93. The molecule has 0 bridgehead atoms. The molecule has 0 aliphatic carbocycles. The highest BCUT2D eigenvalue weighted by Crippen LogP contribution is 1.92. The van der Waals surface area contributed by atoms with Crippen LogP contribution in [0.3, 0.4) is 0 Å². The highest BCUT2D eigenvalue weighted by atomic mass is 16.1. The Morgan fingerprint density at radius 1 is 1.54 bits per heavy atom. The molecule has 13 heavy (non-hydrogen) atoms. The van der Waals surface area contributed by atoms with E-state index in [0.29, 0.717) is 6.54 Å². The Bertz CT molecular complexity index is 284. The predicted octanol–water partition coefficient (Wildman–Crippen LogP) is 0.321. The Balaban J connectivity index is 2.28. The molecule has 0 aromatic carbocycles. The monoisotopic (exact) mass is 177 g/mol. The van der Waals surface area contributed by atoms with Crippen LogP contribution in [0.2, 0.25) is 0 Å². The summed E-state index contributed by atoms with van der Waals surface area (Å²) in [6.07, 6.45) is 6.92. The lowest BCUT2D eigenvalue weighted by molar-refractivity contribution is -0.116. The van der Waals surface area contributed by atoms with Crippen LogP contribution in [-0.2, 0) is 11.2 Å². The van der Waals surface area contributed by atoms with Crippen LogP contribution in [0.4, 0.5) is 0 Å². The standard InChI is InChI=1S/C9H11N3O/c1-2-9(13)12-4-3-8-5-10-7-11-6-8/h2,5-7H,1,3-4H2,(H,12,13). The first-order valence-corrected chi connectivity index (χ1v) is 3.97. The van der Waals surface area contributed by atoms with Crippen molar-refractivity contribution in [1.82, 2.24) is 15.3 Å². The van der Waals surface area contributed by atoms with Crippen molar-refractivity contribution < 1.29 is 4.79 Å². The molecule has 0 fully saturated rings. The molecular formula is C9H11N3O. The molecule has 1 aromatic heterocycles. The first kappa shape index (κ1) is 9.38. The molecule has 0 aliphatic heterocycles. The Kier molecular flexibility index (Phi) is 3.63. The molecule has 68 valence electrons. The topological polar surface area (TPSA) is 54.9 Å². The summed E-state index contributed by atoms with van der Waals surface area (Å²) in [4.78, 5) is 18.5. The van der Waals surface area contributed by atoms with E-state index in [0.717, 1.165) is 12.0 Å². The number of rotatable bonds is 4. The average Bonchev–Trinajstić information content (AvgIpc) is 2.19. The Hall–Kier alpha value is -1.71. The fraction of sp³-hybridized carbons (Fsp3) is 0.222. The van der Waals surface area contributed by atoms with Crippen LogP contribution in [0.5, 0.6) is 0 Å². The largest absolute Gasteiger partial charge is 0.352 e. The van der Waals surface area contributed by atoms with Crippen LogP contribution in [0.1, 0.15) is 5.56 Å². The summed E-state index contributed by atoms with van der Waals surface area (Å²) < 4.78 is 0. The van der Waals surface area contributed by atoms with Crippen LogP contribution in [0.25, 0.3) is 0 Å². The summed E-state index contributed by atoms with van der Waals surface area (Å²) in [5.74, 6) is -0.156. The average molecular weight is 177 g/mol. The highest BCUT2D eigenvalue weighted by Gasteiger charge is 1.94. The molecule has 0 aliphatic rings. The van der Waals surface area contributed by atoms with Crippen LogP contribution >= 0.6 is 0 Å². The van der Waals surface area contributed by atoms with Gasteiger partial charge in [-0.1, -0.05) is 6.58 Å². The lowest BCUT2D eigenvalue weighted by atomic mass is 10.2. The minimum atomic E-state index is -0.156. The molecule has 1 heterocycles. The van der Waals surface area contributed by atoms with E-state index in [1.807, 2.05) is 0 Å². The van der Waals surface area contributed by atoms with E-state index >= 15 is 0 Å². The number of amides is 1. The van der Waals surface area contributed by atoms with Crippen LogP contribution in [0.15, 0.2) is 31.4 Å². The number of aromatic nitrogens is 2. The maximum Gasteiger partial charge on any atom is 0.243 e. The zero-order valence-electron chi connectivity index (χ0n) is 7.23. The van der Waals surface area contributed by atoms with E-state index in [9.17, 15) is 4.79 Å². The number of carbonyl (C=O) groups excluding carboxylic acids is 1. The SMILES string of the molecule is C=CC(=O)NCCc1cncnc1. The molecule has 0 atom stereocenters. The first-order valence-electron chi connectivity index (χ1n) is 3.97. The van der Waals surface area contributed by atoms with Gasteiger partial charge >= 0.3 is 0 Å². The number of nitrogens with zero attached hydrogens (tertiary/aromatic N) is 2. The molecule has 4 heteroatoms. The predicted molar refractivity (Wildman–Crippen MR) is 48.9 cm³/mol. The Morgan fingerprint density at radius 3 is 2.85 bits per heavy atom. The normalized spacial score (nSPS) is 9.23. The Labute approximate surface area is 76.7 Å². The molecule has 4 nitrogen and oxygen atoms in total. The van der Waals surface area contributed by atoms with Crippen molar-refractivity contribution in [3.63, 3.8) is 0 Å². The number of hydrogen-bond acceptors (Lipinski definition) is 3. The van der Waals surface area contributed by atoms with E-state index in [-0.39, 0.29) is 5.91 Å². The molecule has 1 amide bonds. The van der Waals surface area contributed by atoms with Gasteiger partial charge in [-0.15, -0.1) is 0 Å². The van der Waals surface area contributed by atoms with Gasteiger partial charge in [0.2, 0.25) is 5.91 Å². The quantitative estimate of drug-likeness (QED) is 0.674. The van der Waals surface area contributed by atoms with Crippen molar-refractivity contribution in [2.75, 3.05) is 6.54 Å². The van der Waals surface area contributed by atoms with Gasteiger partial charge in [-0.3, -0.25) is 4.79 Å². The van der Waals surface area contributed by atoms with E-state index in [1.165, 1.54) is 12.4 Å². The highest BCUT2D eigenvalue weighted by molar-refractivity contribution is 5.86. The molecule has 0 spiro atoms. The van der Waals surface area contributed by atoms with Gasteiger partial charge in [0.1, 0.15) is 6.33 Å². The molecule has 0 saturated carbocycles. The van der Waals surface area contributed by atoms with Gasteiger partial charge in [0.25, 0.3) is 0 Å². The third kappa shape index (κ3) is 3.46. The van der Waals surface area contributed by atoms with Crippen LogP contribution in [0, 0.1) is 0 Å². The summed E-state index contributed by atoms with van der Waals surface area (Å²) >= 11 is 0. The minimum Gasteiger partial charge on any atom is -0.352 e. The van der Waals surface area contributed by atoms with Crippen molar-refractivity contribution in [3.8, 4) is 0 Å². The summed E-state index contributed by atoms with van der Waals surface area (Å²) in [7, 11) is 0. The van der Waals surface area contributed by atoms with Crippen LogP contribution < -0.4 is 5.32 Å². The molecule has 1 rings (SSSR count). The third-order valence-electron chi connectivity index (χ3n) is 1.51. The number of carbonyl (C=O) groups is 1. The molecule has 0 radical (unpaired) electrons. The van der Waals surface area contributed by atoms with Crippen molar-refractivity contribution in [1.29, 1.82) is 0 Å². The number of nitrogens with one attached hydrogen (secondary N) is 1. The lowest BCUT2D eigenvalue weighted by Crippen LogP contribution is -2.23. The number of hydrogen-bond donors (Lipinski definition) is 1. The van der Waals surface area contributed by atoms with Gasteiger partial charge in [-0.25, -0.2) is 9.97 Å². The zero-order chi connectivity index (χ0) is 9.52. The molecule has 0 unspecified atom stereocenters. The van der Waals surface area contributed by atoms with E-state index in [4.69, 9.17) is 0 Å². The van der Waals surface area contributed by atoms with Gasteiger partial charge < -0.3 is 5.32 Å². The van der Waals surface area contributed by atoms with Gasteiger partial charge in [0, 0.05) is 18.9 Å². The summed E-state index contributed by atoms with van der Waals surface area (Å²) in [6, 6.07) is 0. The smallest absolute Gasteiger partial charge is 0.243 e. The maximum absolute atomic E-state index is 10.7. The second kappa shape index (κ2) is 5.03. The van der Waals surface area contributed by atoms with Crippen molar-refractivity contribution in [3.05, 3.63) is 36.9 Å². The van der Waals surface area contributed by atoms with Crippen molar-refractivity contribution in [2.24, 2.45) is 0 Å². The molecule has 0 saturated heterocycles. The second-order valence-corrected chi connectivity index (χ2v) is 2.49. The maximum atomic E-state index is 10.7. The molecule has 1 aromatic rings. The third-order valence-corrected chi connectivity index (χ3v) is 1.51. The second-order valence-electron chi connectivity index (χ2n) is 2.49. The van der Waals surface area contributed by atoms with Crippen molar-refractivity contribution in [2.45, 2.75) is 6.42 Å². The van der Waals surface area contributed by atoms with Gasteiger partial charge in [0.05, 0.1) is 0 Å². The van der Waals surface area contributed by atoms with Crippen LogP contribution in [-0.4, -0.2) is 22.4 Å². The lowest BCUT2D eigenvalue weighted by Gasteiger charge is -2.00. The summed E-state index contributed by atoms with van der Waals surface area (Å²) in [5.41, 5.74) is 1.01. The van der Waals surface area contributed by atoms with E-state index in [2.05, 4.69) is 21.9 Å². The first-order chi connectivity index (χ1) is 6.33. The minimum absolute atomic E-state index is 0.156. The summed E-state index contributed by atoms with van der Waals surface area (Å²) in [5, 5.41) is 2.67. The Morgan fingerprint density at radius 2 is 2.23 bits per heavy atom. The zero-order valence-corrected chi connectivity index (χ0v) is 7.23. The van der Waals surface area contributed by atoms with Crippen molar-refractivity contribution >= 4 is 5.91 Å². The van der Waals surface area contributed by atoms with Gasteiger partial charge in [-0.05, 0) is 18.1 Å². The van der Waals surface area contributed by atoms with Gasteiger partial charge in [-0.2, -0.15) is 0 Å². The van der Waals surface area contributed by atoms with E-state index < -0.39 is 0 Å². The fourth-order valence-electron chi connectivity index (χ4n) is 0.861. The fourth-order valence-corrected chi connectivity index (χ4v) is 0.861. The van der Waals surface area contributed by atoms with E-state index in [1.54, 1.807) is 12.4 Å². The van der Waals surface area contributed by atoms with Gasteiger partial charge in [0.15, 0.2) is 0 Å².